The van der Waals surface area contributed by atoms with Gasteiger partial charge < -0.3 is 10.2 Å². The third kappa shape index (κ3) is 1.96. The van der Waals surface area contributed by atoms with Gasteiger partial charge in [0, 0.05) is 11.6 Å². The van der Waals surface area contributed by atoms with Crippen LogP contribution in [0.5, 0.6) is 0 Å². The van der Waals surface area contributed by atoms with Gasteiger partial charge in [-0.2, -0.15) is 0 Å². The zero-order valence-electron chi connectivity index (χ0n) is 11.9. The van der Waals surface area contributed by atoms with E-state index in [0.717, 1.165) is 23.5 Å². The largest absolute Gasteiger partial charge is 0.469 e. The van der Waals surface area contributed by atoms with Gasteiger partial charge in [0.15, 0.2) is 0 Å². The molecule has 2 N–H and O–H groups in total. The first-order valence-electron chi connectivity index (χ1n) is 7.93. The maximum absolute atomic E-state index is 6.50. The smallest absolute Gasteiger partial charge is 0.105 e. The van der Waals surface area contributed by atoms with E-state index < -0.39 is 0 Å². The second kappa shape index (κ2) is 4.12. The van der Waals surface area contributed by atoms with Gasteiger partial charge in [-0.15, -0.1) is 0 Å². The zero-order chi connectivity index (χ0) is 13.0. The molecule has 4 bridgehead atoms. The molecule has 0 amide bonds. The van der Waals surface area contributed by atoms with E-state index in [1.54, 1.807) is 6.26 Å². The molecule has 1 aromatic rings. The summed E-state index contributed by atoms with van der Waals surface area (Å²) in [5.41, 5.74) is 8.30. The van der Waals surface area contributed by atoms with Crippen molar-refractivity contribution >= 4 is 0 Å². The molecular weight excluding hydrogens is 234 g/mol. The molecule has 0 spiro atoms. The van der Waals surface area contributed by atoms with Crippen LogP contribution in [0.2, 0.25) is 0 Å². The van der Waals surface area contributed by atoms with Crippen molar-refractivity contribution in [1.82, 2.24) is 0 Å². The molecule has 1 unspecified atom stereocenters. The van der Waals surface area contributed by atoms with E-state index in [4.69, 9.17) is 10.2 Å². The Morgan fingerprint density at radius 2 is 1.79 bits per heavy atom. The topological polar surface area (TPSA) is 39.2 Å². The lowest BCUT2D eigenvalue weighted by Gasteiger charge is -2.57. The van der Waals surface area contributed by atoms with Crippen LogP contribution in [0.3, 0.4) is 0 Å². The summed E-state index contributed by atoms with van der Waals surface area (Å²) in [5.74, 6) is 4.06. The van der Waals surface area contributed by atoms with Crippen LogP contribution in [-0.2, 0) is 0 Å². The molecule has 2 nitrogen and oxygen atoms in total. The van der Waals surface area contributed by atoms with Crippen LogP contribution in [0, 0.1) is 30.1 Å². The molecule has 0 saturated heterocycles. The highest BCUT2D eigenvalue weighted by molar-refractivity contribution is 5.20. The first-order chi connectivity index (χ1) is 9.13. The second-order valence-electron chi connectivity index (χ2n) is 7.66. The highest BCUT2D eigenvalue weighted by Gasteiger charge is 2.51. The lowest BCUT2D eigenvalue weighted by molar-refractivity contribution is -0.0605. The van der Waals surface area contributed by atoms with E-state index in [0.29, 0.717) is 5.41 Å². The standard InChI is InChI=1S/C17H25NO/c1-11-15(2-3-19-11)16(18)10-17-7-12-4-13(8-17)6-14(5-12)9-17/h2-3,12-14,16H,4-10,18H2,1H3. The minimum absolute atomic E-state index is 0.176. The summed E-state index contributed by atoms with van der Waals surface area (Å²) in [6, 6.07) is 2.25. The molecule has 2 heteroatoms. The lowest BCUT2D eigenvalue weighted by Crippen LogP contribution is -2.47. The van der Waals surface area contributed by atoms with E-state index >= 15 is 0 Å². The summed E-state index contributed by atoms with van der Waals surface area (Å²) in [6.45, 7) is 2.04. The Kier molecular flexibility index (Phi) is 2.60. The average molecular weight is 259 g/mol. The number of hydrogen-bond donors (Lipinski definition) is 1. The Morgan fingerprint density at radius 3 is 2.26 bits per heavy atom. The summed E-state index contributed by atoms with van der Waals surface area (Å²) in [4.78, 5) is 0. The predicted octanol–water partition coefficient (Wildman–Crippen LogP) is 4.19. The maximum atomic E-state index is 6.50. The number of nitrogens with two attached hydrogens (primary N) is 1. The van der Waals surface area contributed by atoms with E-state index in [9.17, 15) is 0 Å². The van der Waals surface area contributed by atoms with Crippen LogP contribution >= 0.6 is 0 Å². The average Bonchev–Trinajstić information content (AvgIpc) is 2.72. The van der Waals surface area contributed by atoms with Crippen molar-refractivity contribution < 1.29 is 4.42 Å². The fourth-order valence-corrected chi connectivity index (χ4v) is 5.90. The molecule has 5 rings (SSSR count). The number of aryl methyl sites for hydroxylation is 1. The third-order valence-electron chi connectivity index (χ3n) is 6.12. The predicted molar refractivity (Wildman–Crippen MR) is 75.6 cm³/mol. The van der Waals surface area contributed by atoms with Gasteiger partial charge in [-0.3, -0.25) is 0 Å². The summed E-state index contributed by atoms with van der Waals surface area (Å²) in [7, 11) is 0. The Bertz CT molecular complexity index is 440. The SMILES string of the molecule is Cc1occc1C(N)CC12CC3CC(CC(C3)C1)C2. The first kappa shape index (κ1) is 12.0. The molecule has 1 heterocycles. The van der Waals surface area contributed by atoms with Crippen LogP contribution in [0.4, 0.5) is 0 Å². The van der Waals surface area contributed by atoms with Crippen molar-refractivity contribution in [3.8, 4) is 0 Å². The van der Waals surface area contributed by atoms with Crippen molar-refractivity contribution in [3.63, 3.8) is 0 Å². The lowest BCUT2D eigenvalue weighted by atomic mass is 9.48. The molecule has 4 aliphatic rings. The van der Waals surface area contributed by atoms with Crippen molar-refractivity contribution in [3.05, 3.63) is 23.7 Å². The Morgan fingerprint density at radius 1 is 1.21 bits per heavy atom. The first-order valence-corrected chi connectivity index (χ1v) is 7.93. The summed E-state index contributed by atoms with van der Waals surface area (Å²) < 4.78 is 5.43. The van der Waals surface area contributed by atoms with Crippen molar-refractivity contribution in [1.29, 1.82) is 0 Å². The van der Waals surface area contributed by atoms with Crippen LogP contribution < -0.4 is 5.73 Å². The molecular formula is C17H25NO. The molecule has 19 heavy (non-hydrogen) atoms. The Balaban J connectivity index is 1.55. The second-order valence-corrected chi connectivity index (χ2v) is 7.66. The fraction of sp³-hybridized carbons (Fsp3) is 0.765. The van der Waals surface area contributed by atoms with E-state index in [1.807, 2.05) is 6.92 Å². The van der Waals surface area contributed by atoms with Gasteiger partial charge in [0.25, 0.3) is 0 Å². The monoisotopic (exact) mass is 259 g/mol. The van der Waals surface area contributed by atoms with Crippen molar-refractivity contribution in [2.75, 3.05) is 0 Å². The molecule has 4 aliphatic carbocycles. The van der Waals surface area contributed by atoms with Crippen LogP contribution in [0.25, 0.3) is 0 Å². The van der Waals surface area contributed by atoms with Crippen LogP contribution in [-0.4, -0.2) is 0 Å². The highest BCUT2D eigenvalue weighted by atomic mass is 16.3. The van der Waals surface area contributed by atoms with Crippen molar-refractivity contribution in [2.24, 2.45) is 28.9 Å². The number of hydrogen-bond acceptors (Lipinski definition) is 2. The normalized spacial score (nSPS) is 41.7. The number of furan rings is 1. The molecule has 0 aromatic carbocycles. The van der Waals surface area contributed by atoms with Gasteiger partial charge in [0.1, 0.15) is 5.76 Å². The summed E-state index contributed by atoms with van der Waals surface area (Å²) in [6.07, 6.45) is 11.8. The molecule has 0 aliphatic heterocycles. The minimum atomic E-state index is 0.176. The van der Waals surface area contributed by atoms with E-state index in [-0.39, 0.29) is 6.04 Å². The molecule has 1 atom stereocenters. The molecule has 1 aromatic heterocycles. The summed E-state index contributed by atoms with van der Waals surface area (Å²) >= 11 is 0. The van der Waals surface area contributed by atoms with Crippen molar-refractivity contribution in [2.45, 2.75) is 57.9 Å². The molecule has 0 radical (unpaired) electrons. The fourth-order valence-electron chi connectivity index (χ4n) is 5.90. The van der Waals surface area contributed by atoms with Gasteiger partial charge in [-0.1, -0.05) is 0 Å². The molecule has 4 fully saturated rings. The Labute approximate surface area is 115 Å². The third-order valence-corrected chi connectivity index (χ3v) is 6.12. The minimum Gasteiger partial charge on any atom is -0.469 e. The van der Waals surface area contributed by atoms with Gasteiger partial charge in [-0.25, -0.2) is 0 Å². The number of rotatable bonds is 3. The van der Waals surface area contributed by atoms with Gasteiger partial charge in [-0.05, 0) is 81.1 Å². The summed E-state index contributed by atoms with van der Waals surface area (Å²) in [5, 5.41) is 0. The van der Waals surface area contributed by atoms with Crippen LogP contribution in [0.1, 0.15) is 62.3 Å². The highest BCUT2D eigenvalue weighted by Crippen LogP contribution is 2.62. The zero-order valence-corrected chi connectivity index (χ0v) is 11.9. The maximum Gasteiger partial charge on any atom is 0.105 e. The van der Waals surface area contributed by atoms with E-state index in [1.165, 1.54) is 50.5 Å². The quantitative estimate of drug-likeness (QED) is 0.883. The van der Waals surface area contributed by atoms with Gasteiger partial charge in [0.2, 0.25) is 0 Å². The molecule has 4 saturated carbocycles. The van der Waals surface area contributed by atoms with Crippen LogP contribution in [0.15, 0.2) is 16.7 Å². The van der Waals surface area contributed by atoms with Gasteiger partial charge in [0.05, 0.1) is 6.26 Å². The Hall–Kier alpha value is -0.760. The van der Waals surface area contributed by atoms with E-state index in [2.05, 4.69) is 6.07 Å². The molecule has 104 valence electrons. The van der Waals surface area contributed by atoms with Gasteiger partial charge >= 0.3 is 0 Å².